The summed E-state index contributed by atoms with van der Waals surface area (Å²) in [4.78, 5) is 11.5. The number of aliphatic carboxylic acids is 1. The average molecular weight is 228 g/mol. The Kier molecular flexibility index (Phi) is 3.60. The van der Waals surface area contributed by atoms with Crippen molar-refractivity contribution < 1.29 is 9.90 Å². The lowest BCUT2D eigenvalue weighted by Crippen LogP contribution is -2.40. The lowest BCUT2D eigenvalue weighted by atomic mass is 9.82. The molecule has 1 unspecified atom stereocenters. The van der Waals surface area contributed by atoms with Gasteiger partial charge in [-0.05, 0) is 37.4 Å². The number of thioether (sulfide) groups is 1. The maximum absolute atomic E-state index is 11.5. The Balaban J connectivity index is 2.12. The van der Waals surface area contributed by atoms with Crippen LogP contribution in [-0.4, -0.2) is 21.6 Å². The fraction of sp³-hybridized carbons (Fsp3) is 0.917. The molecule has 0 aromatic rings. The summed E-state index contributed by atoms with van der Waals surface area (Å²) < 4.78 is -0.412. The number of hydrogen-bond donors (Lipinski definition) is 1. The van der Waals surface area contributed by atoms with Crippen molar-refractivity contribution >= 4 is 17.7 Å². The van der Waals surface area contributed by atoms with Gasteiger partial charge >= 0.3 is 5.97 Å². The standard InChI is InChI=1S/C12H20O2S/c13-11(14)12(8-5-9-15-12)10-6-3-1-2-4-7-10/h10H,1-9H2,(H,13,14). The summed E-state index contributed by atoms with van der Waals surface area (Å²) in [5.74, 6) is 0.935. The number of rotatable bonds is 2. The third-order valence-electron chi connectivity index (χ3n) is 3.93. The van der Waals surface area contributed by atoms with Crippen molar-refractivity contribution in [3.8, 4) is 0 Å². The van der Waals surface area contributed by atoms with Gasteiger partial charge in [0, 0.05) is 0 Å². The molecule has 0 amide bonds. The largest absolute Gasteiger partial charge is 0.480 e. The van der Waals surface area contributed by atoms with Crippen molar-refractivity contribution in [2.45, 2.75) is 56.1 Å². The van der Waals surface area contributed by atoms with Crippen LogP contribution in [0.5, 0.6) is 0 Å². The summed E-state index contributed by atoms with van der Waals surface area (Å²) in [5, 5.41) is 9.49. The molecule has 86 valence electrons. The molecule has 15 heavy (non-hydrogen) atoms. The van der Waals surface area contributed by atoms with Gasteiger partial charge in [-0.15, -0.1) is 11.8 Å². The van der Waals surface area contributed by atoms with Crippen LogP contribution >= 0.6 is 11.8 Å². The van der Waals surface area contributed by atoms with E-state index in [4.69, 9.17) is 0 Å². The molecule has 0 aromatic heterocycles. The Bertz CT molecular complexity index is 226. The van der Waals surface area contributed by atoms with Gasteiger partial charge in [-0.2, -0.15) is 0 Å². The number of hydrogen-bond acceptors (Lipinski definition) is 2. The predicted octanol–water partition coefficient (Wildman–Crippen LogP) is 3.31. The third-order valence-corrected chi connectivity index (χ3v) is 5.65. The molecule has 1 saturated carbocycles. The van der Waals surface area contributed by atoms with E-state index in [1.54, 1.807) is 11.8 Å². The molecular formula is C12H20O2S. The van der Waals surface area contributed by atoms with Gasteiger partial charge in [0.2, 0.25) is 0 Å². The van der Waals surface area contributed by atoms with Gasteiger partial charge in [0.05, 0.1) is 0 Å². The van der Waals surface area contributed by atoms with Crippen LogP contribution in [0.25, 0.3) is 0 Å². The van der Waals surface area contributed by atoms with Crippen molar-refractivity contribution in [3.63, 3.8) is 0 Å². The van der Waals surface area contributed by atoms with E-state index in [0.717, 1.165) is 31.4 Å². The van der Waals surface area contributed by atoms with Crippen LogP contribution in [0.3, 0.4) is 0 Å². The topological polar surface area (TPSA) is 37.3 Å². The highest BCUT2D eigenvalue weighted by atomic mass is 32.2. The van der Waals surface area contributed by atoms with E-state index in [9.17, 15) is 9.90 Å². The second-order valence-electron chi connectivity index (χ2n) is 4.84. The molecule has 0 spiro atoms. The van der Waals surface area contributed by atoms with E-state index in [0.29, 0.717) is 5.92 Å². The maximum atomic E-state index is 11.5. The average Bonchev–Trinajstić information content (AvgIpc) is 2.56. The first-order valence-corrected chi connectivity index (χ1v) is 7.11. The zero-order valence-electron chi connectivity index (χ0n) is 9.21. The first-order valence-electron chi connectivity index (χ1n) is 6.13. The molecule has 0 radical (unpaired) electrons. The molecular weight excluding hydrogens is 208 g/mol. The molecule has 1 aliphatic heterocycles. The second-order valence-corrected chi connectivity index (χ2v) is 6.26. The Labute approximate surface area is 95.8 Å². The summed E-state index contributed by atoms with van der Waals surface area (Å²) >= 11 is 1.71. The van der Waals surface area contributed by atoms with Crippen LogP contribution in [-0.2, 0) is 4.79 Å². The van der Waals surface area contributed by atoms with Gasteiger partial charge in [0.1, 0.15) is 4.75 Å². The Morgan fingerprint density at radius 3 is 2.27 bits per heavy atom. The van der Waals surface area contributed by atoms with E-state index in [2.05, 4.69) is 0 Å². The third kappa shape index (κ3) is 2.17. The number of carboxylic acids is 1. The minimum absolute atomic E-state index is 0.412. The normalized spacial score (nSPS) is 33.9. The quantitative estimate of drug-likeness (QED) is 0.737. The van der Waals surface area contributed by atoms with Gasteiger partial charge in [-0.3, -0.25) is 4.79 Å². The summed E-state index contributed by atoms with van der Waals surface area (Å²) in [6.45, 7) is 0. The van der Waals surface area contributed by atoms with Gasteiger partial charge < -0.3 is 5.11 Å². The van der Waals surface area contributed by atoms with Gasteiger partial charge in [0.15, 0.2) is 0 Å². The van der Waals surface area contributed by atoms with Crippen molar-refractivity contribution in [1.82, 2.24) is 0 Å². The van der Waals surface area contributed by atoms with E-state index >= 15 is 0 Å². The van der Waals surface area contributed by atoms with Crippen molar-refractivity contribution in [2.75, 3.05) is 5.75 Å². The molecule has 2 rings (SSSR count). The van der Waals surface area contributed by atoms with E-state index in [1.807, 2.05) is 0 Å². The highest BCUT2D eigenvalue weighted by molar-refractivity contribution is 8.01. The second kappa shape index (κ2) is 4.77. The molecule has 2 nitrogen and oxygen atoms in total. The molecule has 0 bridgehead atoms. The lowest BCUT2D eigenvalue weighted by molar-refractivity contribution is -0.141. The molecule has 1 N–H and O–H groups in total. The minimum atomic E-state index is -0.545. The van der Waals surface area contributed by atoms with Crippen LogP contribution in [0.15, 0.2) is 0 Å². The highest BCUT2D eigenvalue weighted by Crippen LogP contribution is 2.48. The Morgan fingerprint density at radius 2 is 1.80 bits per heavy atom. The fourth-order valence-corrected chi connectivity index (χ4v) is 4.61. The van der Waals surface area contributed by atoms with Gasteiger partial charge in [-0.1, -0.05) is 25.7 Å². The molecule has 2 fully saturated rings. The van der Waals surface area contributed by atoms with Crippen molar-refractivity contribution in [2.24, 2.45) is 5.92 Å². The number of carboxylic acid groups (broad SMARTS) is 1. The van der Waals surface area contributed by atoms with Crippen LogP contribution in [0.1, 0.15) is 51.4 Å². The first-order chi connectivity index (χ1) is 7.26. The minimum Gasteiger partial charge on any atom is -0.480 e. The molecule has 0 aromatic carbocycles. The fourth-order valence-electron chi connectivity index (χ4n) is 3.07. The molecule has 3 heteroatoms. The SMILES string of the molecule is O=C(O)C1(C2CCCCCC2)CCCS1. The van der Waals surface area contributed by atoms with Crippen LogP contribution in [0, 0.1) is 5.92 Å². The Hall–Kier alpha value is -0.180. The van der Waals surface area contributed by atoms with E-state index in [1.165, 1.54) is 25.7 Å². The first kappa shape index (κ1) is 11.3. The van der Waals surface area contributed by atoms with Crippen molar-refractivity contribution in [1.29, 1.82) is 0 Å². The molecule has 1 saturated heterocycles. The lowest BCUT2D eigenvalue weighted by Gasteiger charge is -2.32. The smallest absolute Gasteiger partial charge is 0.320 e. The molecule has 1 aliphatic carbocycles. The zero-order valence-corrected chi connectivity index (χ0v) is 10.0. The molecule has 1 heterocycles. The summed E-state index contributed by atoms with van der Waals surface area (Å²) in [7, 11) is 0. The molecule has 1 atom stereocenters. The van der Waals surface area contributed by atoms with Crippen LogP contribution in [0.4, 0.5) is 0 Å². The van der Waals surface area contributed by atoms with E-state index in [-0.39, 0.29) is 0 Å². The Morgan fingerprint density at radius 1 is 1.13 bits per heavy atom. The predicted molar refractivity (Wildman–Crippen MR) is 63.3 cm³/mol. The van der Waals surface area contributed by atoms with Gasteiger partial charge in [-0.25, -0.2) is 0 Å². The maximum Gasteiger partial charge on any atom is 0.320 e. The van der Waals surface area contributed by atoms with Crippen LogP contribution < -0.4 is 0 Å². The monoisotopic (exact) mass is 228 g/mol. The summed E-state index contributed by atoms with van der Waals surface area (Å²) in [6, 6.07) is 0. The number of carbonyl (C=O) groups is 1. The van der Waals surface area contributed by atoms with Crippen molar-refractivity contribution in [3.05, 3.63) is 0 Å². The zero-order chi connectivity index (χ0) is 10.7. The van der Waals surface area contributed by atoms with E-state index < -0.39 is 10.7 Å². The summed E-state index contributed by atoms with van der Waals surface area (Å²) in [6.07, 6.45) is 9.35. The highest BCUT2D eigenvalue weighted by Gasteiger charge is 2.48. The van der Waals surface area contributed by atoms with Gasteiger partial charge in [0.25, 0.3) is 0 Å². The van der Waals surface area contributed by atoms with Crippen LogP contribution in [0.2, 0.25) is 0 Å². The summed E-state index contributed by atoms with van der Waals surface area (Å²) in [5.41, 5.74) is 0. The molecule has 2 aliphatic rings.